The molecule has 5 aromatic rings. The molecular weight excluding hydrogens is 572 g/mol. The van der Waals surface area contributed by atoms with Gasteiger partial charge < -0.3 is 9.84 Å². The molecule has 1 heterocycles. The topological polar surface area (TPSA) is 64.3 Å². The summed E-state index contributed by atoms with van der Waals surface area (Å²) in [6.45, 7) is 3.29. The predicted molar refractivity (Wildman–Crippen MR) is 152 cm³/mol. The number of aromatic nitrogens is 2. The highest BCUT2D eigenvalue weighted by molar-refractivity contribution is 6.30. The highest BCUT2D eigenvalue weighted by Crippen LogP contribution is 2.39. The number of fused-ring (bicyclic) bond motifs is 1. The molecule has 5 nitrogen and oxygen atoms in total. The van der Waals surface area contributed by atoms with Gasteiger partial charge in [-0.2, -0.15) is 18.3 Å². The van der Waals surface area contributed by atoms with Crippen molar-refractivity contribution in [2.75, 3.05) is 0 Å². The first-order valence-electron chi connectivity index (χ1n) is 12.9. The van der Waals surface area contributed by atoms with Crippen LogP contribution in [0.2, 0.25) is 5.02 Å². The Balaban J connectivity index is 1.50. The molecular formula is C32H25ClF4N2O3. The first-order valence-corrected chi connectivity index (χ1v) is 13.3. The lowest BCUT2D eigenvalue weighted by molar-refractivity contribution is -0.142. The summed E-state index contributed by atoms with van der Waals surface area (Å²) in [5.74, 6) is -1.08. The summed E-state index contributed by atoms with van der Waals surface area (Å²) < 4.78 is 63.7. The van der Waals surface area contributed by atoms with E-state index in [1.54, 1.807) is 68.4 Å². The Morgan fingerprint density at radius 1 is 0.976 bits per heavy atom. The van der Waals surface area contributed by atoms with Crippen molar-refractivity contribution in [1.82, 2.24) is 9.78 Å². The lowest BCUT2D eigenvalue weighted by Gasteiger charge is -2.19. The Morgan fingerprint density at radius 3 is 2.36 bits per heavy atom. The van der Waals surface area contributed by atoms with Crippen LogP contribution in [-0.4, -0.2) is 20.9 Å². The Hall–Kier alpha value is -4.37. The molecule has 0 fully saturated rings. The van der Waals surface area contributed by atoms with Gasteiger partial charge in [-0.15, -0.1) is 0 Å². The van der Waals surface area contributed by atoms with Gasteiger partial charge in [0.1, 0.15) is 23.7 Å². The van der Waals surface area contributed by atoms with Crippen LogP contribution in [0.1, 0.15) is 36.1 Å². The zero-order chi connectivity index (χ0) is 30.2. The lowest BCUT2D eigenvalue weighted by atomic mass is 9.84. The summed E-state index contributed by atoms with van der Waals surface area (Å²) in [4.78, 5) is 11.5. The molecule has 0 saturated heterocycles. The molecule has 0 aliphatic carbocycles. The fourth-order valence-corrected chi connectivity index (χ4v) is 4.81. The van der Waals surface area contributed by atoms with Crippen LogP contribution in [0.5, 0.6) is 5.75 Å². The third-order valence-electron chi connectivity index (χ3n) is 7.13. The molecule has 0 spiro atoms. The minimum atomic E-state index is -4.64. The average molecular weight is 597 g/mol. The fraction of sp³-hybridized carbons (Fsp3) is 0.188. The zero-order valence-corrected chi connectivity index (χ0v) is 23.3. The van der Waals surface area contributed by atoms with E-state index >= 15 is 0 Å². The van der Waals surface area contributed by atoms with Crippen LogP contribution in [0.25, 0.3) is 22.2 Å². The van der Waals surface area contributed by atoms with Gasteiger partial charge >= 0.3 is 12.1 Å². The third-order valence-corrected chi connectivity index (χ3v) is 7.37. The van der Waals surface area contributed by atoms with Crippen molar-refractivity contribution in [2.24, 2.45) is 0 Å². The molecule has 0 unspecified atom stereocenters. The monoisotopic (exact) mass is 596 g/mol. The van der Waals surface area contributed by atoms with Gasteiger partial charge in [0.05, 0.1) is 23.2 Å². The normalized spacial score (nSPS) is 12.1. The van der Waals surface area contributed by atoms with E-state index in [0.29, 0.717) is 22.6 Å². The lowest BCUT2D eigenvalue weighted by Crippen LogP contribution is -2.28. The van der Waals surface area contributed by atoms with Crippen LogP contribution in [0, 0.1) is 5.82 Å². The van der Waals surface area contributed by atoms with Gasteiger partial charge in [-0.1, -0.05) is 66.2 Å². The van der Waals surface area contributed by atoms with Crippen LogP contribution in [-0.2, 0) is 29.5 Å². The van der Waals surface area contributed by atoms with Gasteiger partial charge in [-0.05, 0) is 55.3 Å². The maximum Gasteiger partial charge on any atom is 0.418 e. The molecule has 0 atom stereocenters. The number of benzene rings is 4. The second-order valence-electron chi connectivity index (χ2n) is 10.4. The molecule has 10 heteroatoms. The standard InChI is InChI=1S/C32H25ClF4N2O3/c1-31(2,30(40)41)22-12-9-19(10-13-22)18-42-24-6-3-5-20(15-24)29-25-7-4-8-26(32(35,36)37)28(25)38-39(29)17-21-11-14-23(33)16-27(21)34/h3-16H,17-18H2,1-2H3,(H,40,41). The highest BCUT2D eigenvalue weighted by Gasteiger charge is 2.35. The predicted octanol–water partition coefficient (Wildman–Crippen LogP) is 8.50. The number of carboxylic acids is 1. The van der Waals surface area contributed by atoms with Crippen LogP contribution >= 0.6 is 11.6 Å². The second-order valence-corrected chi connectivity index (χ2v) is 10.8. The number of nitrogens with zero attached hydrogens (tertiary/aromatic N) is 2. The number of rotatable bonds is 8. The number of ether oxygens (including phenoxy) is 1. The van der Waals surface area contributed by atoms with Crippen molar-refractivity contribution >= 4 is 28.5 Å². The van der Waals surface area contributed by atoms with Crippen LogP contribution in [0.15, 0.2) is 84.9 Å². The summed E-state index contributed by atoms with van der Waals surface area (Å²) in [5, 5.41) is 14.2. The molecule has 216 valence electrons. The Bertz CT molecular complexity index is 1780. The molecule has 42 heavy (non-hydrogen) atoms. The first kappa shape index (κ1) is 29.1. The molecule has 1 aromatic heterocycles. The SMILES string of the molecule is CC(C)(C(=O)O)c1ccc(COc2cccc(-c3c4cccc(C(F)(F)F)c4nn3Cc3ccc(Cl)cc3F)c2)cc1. The van der Waals surface area contributed by atoms with Gasteiger partial charge in [-0.3, -0.25) is 9.48 Å². The molecule has 4 aromatic carbocycles. The van der Waals surface area contributed by atoms with Crippen LogP contribution in [0.4, 0.5) is 17.6 Å². The molecule has 0 aliphatic rings. The van der Waals surface area contributed by atoms with E-state index in [1.165, 1.54) is 22.9 Å². The summed E-state index contributed by atoms with van der Waals surface area (Å²) in [6.07, 6.45) is -4.64. The Kier molecular flexibility index (Phi) is 7.72. The molecule has 0 bridgehead atoms. The van der Waals surface area contributed by atoms with E-state index in [-0.39, 0.29) is 34.6 Å². The Labute approximate surface area is 243 Å². The van der Waals surface area contributed by atoms with Gasteiger partial charge in [0.2, 0.25) is 0 Å². The van der Waals surface area contributed by atoms with Gasteiger partial charge in [0.25, 0.3) is 0 Å². The second kappa shape index (κ2) is 11.1. The third kappa shape index (κ3) is 5.83. The molecule has 0 radical (unpaired) electrons. The molecule has 1 N–H and O–H groups in total. The number of carboxylic acid groups (broad SMARTS) is 1. The summed E-state index contributed by atoms with van der Waals surface area (Å²) in [6, 6.07) is 21.8. The van der Waals surface area contributed by atoms with Crippen molar-refractivity contribution < 1.29 is 32.2 Å². The minimum Gasteiger partial charge on any atom is -0.489 e. The maximum absolute atomic E-state index is 14.7. The van der Waals surface area contributed by atoms with Crippen molar-refractivity contribution in [2.45, 2.75) is 38.6 Å². The number of carbonyl (C=O) groups is 1. The summed E-state index contributed by atoms with van der Waals surface area (Å²) in [7, 11) is 0. The highest BCUT2D eigenvalue weighted by atomic mass is 35.5. The largest absolute Gasteiger partial charge is 0.489 e. The summed E-state index contributed by atoms with van der Waals surface area (Å²) in [5.41, 5.74) is 0.386. The van der Waals surface area contributed by atoms with E-state index < -0.39 is 28.9 Å². The number of aliphatic carboxylic acids is 1. The molecule has 5 rings (SSSR count). The zero-order valence-electron chi connectivity index (χ0n) is 22.5. The van der Waals surface area contributed by atoms with Crippen LogP contribution < -0.4 is 4.74 Å². The number of halogens is 5. The fourth-order valence-electron chi connectivity index (χ4n) is 4.65. The maximum atomic E-state index is 14.7. The van der Waals surface area contributed by atoms with Crippen molar-refractivity contribution in [3.05, 3.63) is 118 Å². The van der Waals surface area contributed by atoms with E-state index in [2.05, 4.69) is 5.10 Å². The van der Waals surface area contributed by atoms with E-state index in [9.17, 15) is 27.5 Å². The Morgan fingerprint density at radius 2 is 1.69 bits per heavy atom. The summed E-state index contributed by atoms with van der Waals surface area (Å²) >= 11 is 5.89. The van der Waals surface area contributed by atoms with E-state index in [4.69, 9.17) is 16.3 Å². The smallest absolute Gasteiger partial charge is 0.418 e. The van der Waals surface area contributed by atoms with Crippen molar-refractivity contribution in [3.8, 4) is 17.0 Å². The van der Waals surface area contributed by atoms with Gasteiger partial charge in [0.15, 0.2) is 0 Å². The van der Waals surface area contributed by atoms with Crippen LogP contribution in [0.3, 0.4) is 0 Å². The number of hydrogen-bond donors (Lipinski definition) is 1. The van der Waals surface area contributed by atoms with Gasteiger partial charge in [0, 0.05) is 21.5 Å². The first-order chi connectivity index (χ1) is 19.8. The number of alkyl halides is 3. The van der Waals surface area contributed by atoms with Crippen molar-refractivity contribution in [3.63, 3.8) is 0 Å². The quantitative estimate of drug-likeness (QED) is 0.182. The van der Waals surface area contributed by atoms with Crippen molar-refractivity contribution in [1.29, 1.82) is 0 Å². The number of hydrogen-bond acceptors (Lipinski definition) is 3. The molecule has 0 aliphatic heterocycles. The minimum absolute atomic E-state index is 0.131. The average Bonchev–Trinajstić information content (AvgIpc) is 3.31. The van der Waals surface area contributed by atoms with Gasteiger partial charge in [-0.25, -0.2) is 4.39 Å². The molecule has 0 amide bonds. The van der Waals surface area contributed by atoms with E-state index in [1.807, 2.05) is 0 Å². The van der Waals surface area contributed by atoms with E-state index in [0.717, 1.165) is 17.7 Å². The molecule has 0 saturated carbocycles.